The molecule has 20 heavy (non-hydrogen) atoms. The maximum absolute atomic E-state index is 11.7. The molecule has 2 aliphatic heterocycles. The van der Waals surface area contributed by atoms with Crippen molar-refractivity contribution in [2.45, 2.75) is 24.6 Å². The summed E-state index contributed by atoms with van der Waals surface area (Å²) >= 11 is 0. The maximum atomic E-state index is 11.7. The molecule has 106 valence electrons. The Bertz CT molecular complexity index is 567. The minimum absolute atomic E-state index is 0.0976. The molecule has 0 aromatic carbocycles. The number of fused-ring (bicyclic) bond motifs is 1. The van der Waals surface area contributed by atoms with Crippen LogP contribution >= 0.6 is 0 Å². The van der Waals surface area contributed by atoms with E-state index in [9.17, 15) is 15.0 Å². The molecule has 0 saturated heterocycles. The number of aliphatic imine (C=N–C) groups is 3. The molecule has 0 radical (unpaired) electrons. The summed E-state index contributed by atoms with van der Waals surface area (Å²) in [5.74, 6) is -0.522. The highest BCUT2D eigenvalue weighted by Crippen LogP contribution is 2.35. The summed E-state index contributed by atoms with van der Waals surface area (Å²) in [4.78, 5) is 25.1. The van der Waals surface area contributed by atoms with Crippen LogP contribution in [0.15, 0.2) is 27.1 Å². The lowest BCUT2D eigenvalue weighted by atomic mass is 10.0. The van der Waals surface area contributed by atoms with Crippen molar-refractivity contribution < 1.29 is 15.0 Å². The highest BCUT2D eigenvalue weighted by atomic mass is 16.3. The summed E-state index contributed by atoms with van der Waals surface area (Å²) in [6, 6.07) is -1.02. The molecule has 3 rings (SSSR count). The minimum atomic E-state index is -0.764. The van der Waals surface area contributed by atoms with Crippen LogP contribution in [0.2, 0.25) is 0 Å². The Balaban J connectivity index is 1.90. The fourth-order valence-corrected chi connectivity index (χ4v) is 2.82. The summed E-state index contributed by atoms with van der Waals surface area (Å²) in [7, 11) is 0. The van der Waals surface area contributed by atoms with Crippen LogP contribution in [0.3, 0.4) is 0 Å². The van der Waals surface area contributed by atoms with E-state index in [4.69, 9.17) is 5.73 Å². The Morgan fingerprint density at radius 1 is 1.50 bits per heavy atom. The number of guanidine groups is 1. The fourth-order valence-electron chi connectivity index (χ4n) is 2.82. The molecule has 0 aromatic heterocycles. The van der Waals surface area contributed by atoms with E-state index in [1.807, 2.05) is 0 Å². The Morgan fingerprint density at radius 2 is 2.25 bits per heavy atom. The van der Waals surface area contributed by atoms with Gasteiger partial charge in [-0.25, -0.2) is 0 Å². The quantitative estimate of drug-likeness (QED) is 0.516. The molecule has 1 saturated carbocycles. The van der Waals surface area contributed by atoms with Crippen molar-refractivity contribution in [2.75, 3.05) is 6.61 Å². The van der Waals surface area contributed by atoms with E-state index in [0.717, 1.165) is 0 Å². The van der Waals surface area contributed by atoms with Gasteiger partial charge in [0.2, 0.25) is 5.96 Å². The van der Waals surface area contributed by atoms with Gasteiger partial charge < -0.3 is 20.8 Å². The summed E-state index contributed by atoms with van der Waals surface area (Å²) in [6.45, 7) is 3.77. The third kappa shape index (κ3) is 1.76. The number of aliphatic hydroxyl groups excluding tert-OH is 2. The third-order valence-electron chi connectivity index (χ3n) is 3.90. The number of nitrogens with two attached hydrogens (primary N) is 1. The van der Waals surface area contributed by atoms with Gasteiger partial charge in [-0.3, -0.25) is 9.79 Å². The maximum Gasteiger partial charge on any atom is 0.281 e. The number of amidine groups is 1. The van der Waals surface area contributed by atoms with Crippen LogP contribution in [0, 0.1) is 5.92 Å². The average molecular weight is 277 g/mol. The van der Waals surface area contributed by atoms with E-state index < -0.39 is 18.1 Å². The monoisotopic (exact) mass is 277 g/mol. The van der Waals surface area contributed by atoms with Gasteiger partial charge in [-0.05, 0) is 12.0 Å². The molecular weight excluding hydrogens is 262 g/mol. The first kappa shape index (κ1) is 12.9. The van der Waals surface area contributed by atoms with Gasteiger partial charge in [0.1, 0.15) is 5.84 Å². The summed E-state index contributed by atoms with van der Waals surface area (Å²) in [6.07, 6.45) is 1.22. The molecule has 4 atom stereocenters. The predicted molar refractivity (Wildman–Crippen MR) is 72.3 cm³/mol. The molecule has 0 bridgehead atoms. The minimum Gasteiger partial charge on any atom is -0.396 e. The van der Waals surface area contributed by atoms with Crippen LogP contribution in [0.1, 0.15) is 6.42 Å². The lowest BCUT2D eigenvalue weighted by Crippen LogP contribution is -2.44. The summed E-state index contributed by atoms with van der Waals surface area (Å²) < 4.78 is 0. The van der Waals surface area contributed by atoms with Crippen molar-refractivity contribution in [3.63, 3.8) is 0 Å². The molecule has 0 spiro atoms. The van der Waals surface area contributed by atoms with Crippen LogP contribution in [0.4, 0.5) is 0 Å². The SMILES string of the molecule is C=C1[C@@H](CO)[C@H](O)C[C@H]1N1C=NC2C(=O)N=C(N)N=C21. The zero-order valence-electron chi connectivity index (χ0n) is 10.7. The number of rotatable bonds is 2. The van der Waals surface area contributed by atoms with E-state index in [1.54, 1.807) is 4.90 Å². The van der Waals surface area contributed by atoms with Crippen LogP contribution < -0.4 is 5.73 Å². The second kappa shape index (κ2) is 4.50. The highest BCUT2D eigenvalue weighted by molar-refractivity contribution is 6.22. The van der Waals surface area contributed by atoms with E-state index in [2.05, 4.69) is 21.6 Å². The molecule has 1 fully saturated rings. The molecule has 0 aromatic rings. The Kier molecular flexibility index (Phi) is 2.91. The number of hydrogen-bond donors (Lipinski definition) is 3. The van der Waals surface area contributed by atoms with Gasteiger partial charge in [0.05, 0.1) is 25.1 Å². The van der Waals surface area contributed by atoms with Crippen LogP contribution in [0.5, 0.6) is 0 Å². The first-order valence-corrected chi connectivity index (χ1v) is 6.28. The van der Waals surface area contributed by atoms with Gasteiger partial charge in [0, 0.05) is 5.92 Å². The third-order valence-corrected chi connectivity index (χ3v) is 3.90. The van der Waals surface area contributed by atoms with Gasteiger partial charge in [-0.2, -0.15) is 9.98 Å². The van der Waals surface area contributed by atoms with Gasteiger partial charge in [0.15, 0.2) is 6.04 Å². The molecule has 3 aliphatic rings. The number of carbonyl (C=O) groups is 1. The summed E-state index contributed by atoms with van der Waals surface area (Å²) in [5, 5.41) is 19.2. The molecule has 8 heteroatoms. The van der Waals surface area contributed by atoms with Gasteiger partial charge in [0.25, 0.3) is 5.91 Å². The molecule has 1 amide bonds. The number of carbonyl (C=O) groups excluding carboxylic acids is 1. The smallest absolute Gasteiger partial charge is 0.281 e. The second-order valence-electron chi connectivity index (χ2n) is 5.04. The van der Waals surface area contributed by atoms with E-state index in [-0.39, 0.29) is 24.5 Å². The first-order chi connectivity index (χ1) is 9.52. The van der Waals surface area contributed by atoms with Crippen molar-refractivity contribution in [1.82, 2.24) is 4.90 Å². The van der Waals surface area contributed by atoms with Crippen molar-refractivity contribution in [2.24, 2.45) is 26.6 Å². The number of hydrogen-bond acceptors (Lipinski definition) is 7. The van der Waals surface area contributed by atoms with E-state index in [1.165, 1.54) is 6.34 Å². The second-order valence-corrected chi connectivity index (χ2v) is 5.04. The van der Waals surface area contributed by atoms with Crippen molar-refractivity contribution in [1.29, 1.82) is 0 Å². The molecule has 4 N–H and O–H groups in total. The molecular formula is C12H15N5O3. The standard InChI is InChI=1S/C12H15N5O3/c1-5-6(3-18)8(19)2-7(5)17-4-14-9-10(17)15-12(13)16-11(9)20/h4,6-9,18-19H,1-3H2,(H2,13,16,20)/t6-,7-,8-,9?/m1/s1. The first-order valence-electron chi connectivity index (χ1n) is 6.28. The molecule has 8 nitrogen and oxygen atoms in total. The van der Waals surface area contributed by atoms with Crippen LogP contribution in [-0.2, 0) is 4.79 Å². The van der Waals surface area contributed by atoms with E-state index in [0.29, 0.717) is 17.8 Å². The van der Waals surface area contributed by atoms with E-state index >= 15 is 0 Å². The largest absolute Gasteiger partial charge is 0.396 e. The Morgan fingerprint density at radius 3 is 2.90 bits per heavy atom. The Labute approximate surface area is 115 Å². The van der Waals surface area contributed by atoms with Crippen molar-refractivity contribution in [3.05, 3.63) is 12.2 Å². The Hall–Kier alpha value is -2.06. The number of nitrogens with zero attached hydrogens (tertiary/aromatic N) is 4. The van der Waals surface area contributed by atoms with Gasteiger partial charge >= 0.3 is 0 Å². The number of aliphatic hydroxyl groups is 2. The van der Waals surface area contributed by atoms with Gasteiger partial charge in [-0.15, -0.1) is 0 Å². The zero-order valence-corrected chi connectivity index (χ0v) is 10.7. The van der Waals surface area contributed by atoms with Gasteiger partial charge in [-0.1, -0.05) is 6.58 Å². The summed E-state index contributed by atoms with van der Waals surface area (Å²) in [5.41, 5.74) is 6.20. The topological polar surface area (TPSA) is 124 Å². The fraction of sp³-hybridized carbons (Fsp3) is 0.500. The number of amides is 1. The van der Waals surface area contributed by atoms with Crippen molar-refractivity contribution >= 4 is 24.0 Å². The predicted octanol–water partition coefficient (Wildman–Crippen LogP) is -1.75. The lowest BCUT2D eigenvalue weighted by Gasteiger charge is -2.27. The lowest BCUT2D eigenvalue weighted by molar-refractivity contribution is -0.117. The van der Waals surface area contributed by atoms with Crippen molar-refractivity contribution in [3.8, 4) is 0 Å². The van der Waals surface area contributed by atoms with Crippen LogP contribution in [-0.4, -0.2) is 63.9 Å². The average Bonchev–Trinajstić information content (AvgIpc) is 2.91. The normalized spacial score (nSPS) is 36.2. The zero-order chi connectivity index (χ0) is 14.4. The molecule has 1 aliphatic carbocycles. The molecule has 2 heterocycles. The highest BCUT2D eigenvalue weighted by Gasteiger charge is 2.44. The molecule has 1 unspecified atom stereocenters. The van der Waals surface area contributed by atoms with Crippen LogP contribution in [0.25, 0.3) is 0 Å².